The van der Waals surface area contributed by atoms with Gasteiger partial charge in [0, 0.05) is 40.6 Å². The molecule has 0 aromatic heterocycles. The lowest BCUT2D eigenvalue weighted by atomic mass is 9.87. The highest BCUT2D eigenvalue weighted by molar-refractivity contribution is 8.13. The van der Waals surface area contributed by atoms with E-state index in [1.165, 1.54) is 39.5 Å². The van der Waals surface area contributed by atoms with Crippen molar-refractivity contribution in [2.45, 2.75) is 30.2 Å². The van der Waals surface area contributed by atoms with Crippen LogP contribution in [-0.2, 0) is 10.0 Å². The summed E-state index contributed by atoms with van der Waals surface area (Å²) in [6.45, 7) is 2.18. The SMILES string of the molecule is CNSC(=O)NS(=O)(=O)c1cc2c(cc1OC)OCCC2C(C)NC(=O)c1cc(Cl)ccc1OC. The minimum atomic E-state index is -4.25. The number of nitrogens with one attached hydrogen (secondary N) is 3. The number of rotatable bonds is 8. The molecule has 2 unspecified atom stereocenters. The lowest BCUT2D eigenvalue weighted by Gasteiger charge is -2.32. The monoisotopic (exact) mass is 543 g/mol. The Hall–Kier alpha value is -2.67. The van der Waals surface area contributed by atoms with Crippen LogP contribution in [0.2, 0.25) is 5.02 Å². The topological polar surface area (TPSA) is 132 Å². The van der Waals surface area contributed by atoms with Gasteiger partial charge < -0.3 is 19.5 Å². The average molecular weight is 544 g/mol. The molecular formula is C22H26ClN3O7S2. The molecule has 2 atom stereocenters. The van der Waals surface area contributed by atoms with E-state index in [4.69, 9.17) is 25.8 Å². The second-order valence-electron chi connectivity index (χ2n) is 7.59. The van der Waals surface area contributed by atoms with Gasteiger partial charge in [-0.2, -0.15) is 0 Å². The van der Waals surface area contributed by atoms with Gasteiger partial charge in [-0.15, -0.1) is 0 Å². The number of halogens is 1. The van der Waals surface area contributed by atoms with Crippen molar-refractivity contribution in [1.82, 2.24) is 14.8 Å². The molecule has 1 aliphatic heterocycles. The lowest BCUT2D eigenvalue weighted by molar-refractivity contribution is 0.0926. The number of sulfonamides is 1. The van der Waals surface area contributed by atoms with Crippen molar-refractivity contribution in [1.29, 1.82) is 0 Å². The third-order valence-electron chi connectivity index (χ3n) is 5.45. The fraction of sp³-hybridized carbons (Fsp3) is 0.364. The number of hydrogen-bond acceptors (Lipinski definition) is 9. The minimum absolute atomic E-state index is 0.0273. The van der Waals surface area contributed by atoms with Crippen LogP contribution in [0.1, 0.15) is 35.2 Å². The Morgan fingerprint density at radius 2 is 1.89 bits per heavy atom. The first-order valence-electron chi connectivity index (χ1n) is 10.5. The van der Waals surface area contributed by atoms with Crippen LogP contribution in [0.15, 0.2) is 35.2 Å². The van der Waals surface area contributed by atoms with Crippen LogP contribution >= 0.6 is 23.5 Å². The fourth-order valence-electron chi connectivity index (χ4n) is 3.83. The highest BCUT2D eigenvalue weighted by Gasteiger charge is 2.32. The molecule has 2 aromatic rings. The van der Waals surface area contributed by atoms with Gasteiger partial charge in [-0.3, -0.25) is 14.3 Å². The molecule has 2 aromatic carbocycles. The number of methoxy groups -OCH3 is 2. The molecule has 0 fully saturated rings. The van der Waals surface area contributed by atoms with Gasteiger partial charge in [0.05, 0.1) is 26.4 Å². The minimum Gasteiger partial charge on any atom is -0.496 e. The van der Waals surface area contributed by atoms with Crippen molar-refractivity contribution < 1.29 is 32.2 Å². The molecule has 1 aliphatic rings. The van der Waals surface area contributed by atoms with Gasteiger partial charge in [-0.25, -0.2) is 13.1 Å². The van der Waals surface area contributed by atoms with Gasteiger partial charge in [-0.05, 0) is 44.7 Å². The van der Waals surface area contributed by atoms with E-state index in [-0.39, 0.29) is 28.0 Å². The molecule has 0 aliphatic carbocycles. The van der Waals surface area contributed by atoms with Crippen LogP contribution in [0.4, 0.5) is 4.79 Å². The van der Waals surface area contributed by atoms with Gasteiger partial charge in [0.25, 0.3) is 15.9 Å². The summed E-state index contributed by atoms with van der Waals surface area (Å²) in [7, 11) is 0.0322. The zero-order valence-electron chi connectivity index (χ0n) is 19.5. The first-order valence-corrected chi connectivity index (χ1v) is 13.2. The Balaban J connectivity index is 1.94. The van der Waals surface area contributed by atoms with Gasteiger partial charge in [0.1, 0.15) is 22.1 Å². The van der Waals surface area contributed by atoms with Crippen LogP contribution in [0, 0.1) is 0 Å². The smallest absolute Gasteiger partial charge is 0.307 e. The number of carbonyl (C=O) groups excluding carboxylic acids is 2. The first-order chi connectivity index (χ1) is 16.6. The Bertz CT molecular complexity index is 1220. The molecule has 3 rings (SSSR count). The molecule has 2 amide bonds. The number of hydrogen-bond donors (Lipinski definition) is 3. The fourth-order valence-corrected chi connectivity index (χ4v) is 5.70. The highest BCUT2D eigenvalue weighted by Crippen LogP contribution is 2.41. The van der Waals surface area contributed by atoms with Crippen LogP contribution < -0.4 is 29.0 Å². The maximum absolute atomic E-state index is 13.0. The Kier molecular flexibility index (Phi) is 8.75. The predicted molar refractivity (Wildman–Crippen MR) is 133 cm³/mol. The molecule has 190 valence electrons. The summed E-state index contributed by atoms with van der Waals surface area (Å²) in [5.41, 5.74) is 0.846. The van der Waals surface area contributed by atoms with E-state index < -0.39 is 21.3 Å². The molecule has 0 radical (unpaired) electrons. The average Bonchev–Trinajstić information content (AvgIpc) is 2.82. The van der Waals surface area contributed by atoms with Gasteiger partial charge >= 0.3 is 5.24 Å². The van der Waals surface area contributed by atoms with Crippen molar-refractivity contribution in [3.05, 3.63) is 46.5 Å². The van der Waals surface area contributed by atoms with Gasteiger partial charge in [0.2, 0.25) is 0 Å². The molecular weight excluding hydrogens is 518 g/mol. The molecule has 1 heterocycles. The Labute approximate surface area is 213 Å². The van der Waals surface area contributed by atoms with Crippen LogP contribution in [-0.4, -0.2) is 53.5 Å². The second kappa shape index (κ2) is 11.4. The van der Waals surface area contributed by atoms with Crippen molar-refractivity contribution in [3.8, 4) is 17.2 Å². The normalized spacial score (nSPS) is 15.9. The van der Waals surface area contributed by atoms with Crippen molar-refractivity contribution in [3.63, 3.8) is 0 Å². The molecule has 0 spiro atoms. The molecule has 0 saturated heterocycles. The van der Waals surface area contributed by atoms with Crippen LogP contribution in [0.3, 0.4) is 0 Å². The van der Waals surface area contributed by atoms with E-state index in [1.807, 2.05) is 11.6 Å². The van der Waals surface area contributed by atoms with Gasteiger partial charge in [-0.1, -0.05) is 11.6 Å². The standard InChI is InChI=1S/C22H26ClN3O7S2/c1-12(25-21(27)16-9-13(23)5-6-17(16)31-3)14-7-8-33-18-11-19(32-4)20(10-15(14)18)35(29,30)26-22(28)34-24-2/h5-6,9-12,14,24H,7-8H2,1-4H3,(H,25,27)(H,26,28). The Morgan fingerprint density at radius 3 is 2.54 bits per heavy atom. The quantitative estimate of drug-likeness (QED) is 0.429. The number of benzene rings is 2. The number of carbonyl (C=O) groups is 2. The summed E-state index contributed by atoms with van der Waals surface area (Å²) >= 11 is 6.66. The summed E-state index contributed by atoms with van der Waals surface area (Å²) in [5, 5.41) is 2.54. The number of amides is 2. The highest BCUT2D eigenvalue weighted by atomic mass is 35.5. The number of ether oxygens (including phenoxy) is 3. The van der Waals surface area contributed by atoms with E-state index in [1.54, 1.807) is 12.1 Å². The third kappa shape index (κ3) is 6.13. The van der Waals surface area contributed by atoms with Crippen molar-refractivity contribution >= 4 is 44.7 Å². The van der Waals surface area contributed by atoms with Crippen LogP contribution in [0.5, 0.6) is 17.2 Å². The maximum atomic E-state index is 13.0. The summed E-state index contributed by atoms with van der Waals surface area (Å²) in [6.07, 6.45) is 0.523. The predicted octanol–water partition coefficient (Wildman–Crippen LogP) is 3.31. The molecule has 13 heteroatoms. The zero-order chi connectivity index (χ0) is 25.8. The van der Waals surface area contributed by atoms with Crippen molar-refractivity contribution in [2.75, 3.05) is 27.9 Å². The molecule has 10 nitrogen and oxygen atoms in total. The van der Waals surface area contributed by atoms with E-state index in [0.717, 1.165) is 0 Å². The van der Waals surface area contributed by atoms with Crippen LogP contribution in [0.25, 0.3) is 0 Å². The lowest BCUT2D eigenvalue weighted by Crippen LogP contribution is -2.39. The Morgan fingerprint density at radius 1 is 1.17 bits per heavy atom. The molecule has 35 heavy (non-hydrogen) atoms. The molecule has 0 bridgehead atoms. The third-order valence-corrected chi connectivity index (χ3v) is 7.66. The van der Waals surface area contributed by atoms with E-state index in [2.05, 4.69) is 10.0 Å². The molecule has 3 N–H and O–H groups in total. The summed E-state index contributed by atoms with van der Waals surface area (Å²) in [4.78, 5) is 24.7. The van der Waals surface area contributed by atoms with E-state index in [9.17, 15) is 18.0 Å². The largest absolute Gasteiger partial charge is 0.496 e. The zero-order valence-corrected chi connectivity index (χ0v) is 21.9. The van der Waals surface area contributed by atoms with E-state index in [0.29, 0.717) is 47.1 Å². The second-order valence-corrected chi connectivity index (χ2v) is 10.7. The maximum Gasteiger partial charge on any atom is 0.307 e. The number of fused-ring (bicyclic) bond motifs is 1. The summed E-state index contributed by atoms with van der Waals surface area (Å²) in [5.74, 6) is 0.173. The summed E-state index contributed by atoms with van der Waals surface area (Å²) in [6, 6.07) is 7.23. The van der Waals surface area contributed by atoms with Crippen molar-refractivity contribution in [2.24, 2.45) is 0 Å². The van der Waals surface area contributed by atoms with E-state index >= 15 is 0 Å². The summed E-state index contributed by atoms with van der Waals surface area (Å²) < 4.78 is 46.7. The first kappa shape index (κ1) is 26.9. The molecule has 0 saturated carbocycles. The van der Waals surface area contributed by atoms with Gasteiger partial charge in [0.15, 0.2) is 0 Å².